The van der Waals surface area contributed by atoms with Gasteiger partial charge < -0.3 is 9.64 Å². The number of amides is 1. The van der Waals surface area contributed by atoms with Gasteiger partial charge in [0.25, 0.3) is 0 Å². The van der Waals surface area contributed by atoms with Crippen LogP contribution in [0.3, 0.4) is 0 Å². The number of hydrogen-bond donors (Lipinski definition) is 0. The van der Waals surface area contributed by atoms with Crippen LogP contribution in [0.2, 0.25) is 5.02 Å². The van der Waals surface area contributed by atoms with Gasteiger partial charge in [-0.25, -0.2) is 0 Å². The number of halogens is 1. The summed E-state index contributed by atoms with van der Waals surface area (Å²) >= 11 is 6.08. The molecule has 4 nitrogen and oxygen atoms in total. The lowest BCUT2D eigenvalue weighted by molar-refractivity contribution is -0.134. The van der Waals surface area contributed by atoms with Crippen LogP contribution < -0.4 is 4.74 Å². The minimum atomic E-state index is 0.00401. The van der Waals surface area contributed by atoms with Crippen LogP contribution in [0.25, 0.3) is 0 Å². The molecule has 0 saturated carbocycles. The Morgan fingerprint density at radius 3 is 2.36 bits per heavy atom. The summed E-state index contributed by atoms with van der Waals surface area (Å²) in [4.78, 5) is 16.4. The molecule has 0 bridgehead atoms. The molecule has 22 heavy (non-hydrogen) atoms. The number of nitrogens with zero attached hydrogens (tertiary/aromatic N) is 2. The highest BCUT2D eigenvalue weighted by Crippen LogP contribution is 2.23. The molecule has 0 aliphatic heterocycles. The Morgan fingerprint density at radius 1 is 1.18 bits per heavy atom. The molecular weight excluding hydrogens is 300 g/mol. The van der Waals surface area contributed by atoms with Crippen molar-refractivity contribution in [2.45, 2.75) is 33.7 Å². The zero-order chi connectivity index (χ0) is 16.5. The molecule has 1 unspecified atom stereocenters. The number of carbonyl (C=O) groups is 1. The van der Waals surface area contributed by atoms with Gasteiger partial charge in [0.2, 0.25) is 5.91 Å². The van der Waals surface area contributed by atoms with Crippen molar-refractivity contribution in [1.29, 1.82) is 0 Å². The van der Waals surface area contributed by atoms with E-state index in [1.54, 1.807) is 6.07 Å². The molecule has 124 valence electrons. The van der Waals surface area contributed by atoms with Gasteiger partial charge in [-0.2, -0.15) is 0 Å². The molecule has 1 amide bonds. The van der Waals surface area contributed by atoms with Crippen LogP contribution in [0, 0.1) is 0 Å². The van der Waals surface area contributed by atoms with Gasteiger partial charge in [0.1, 0.15) is 12.4 Å². The van der Waals surface area contributed by atoms with Gasteiger partial charge in [0.15, 0.2) is 0 Å². The molecule has 0 radical (unpaired) electrons. The number of hydrogen-bond acceptors (Lipinski definition) is 3. The molecule has 5 heteroatoms. The van der Waals surface area contributed by atoms with Gasteiger partial charge >= 0.3 is 0 Å². The first kappa shape index (κ1) is 18.8. The Hall–Kier alpha value is -1.26. The lowest BCUT2D eigenvalue weighted by Crippen LogP contribution is -2.46. The minimum absolute atomic E-state index is 0.00401. The molecule has 1 rings (SSSR count). The van der Waals surface area contributed by atoms with E-state index in [4.69, 9.17) is 16.3 Å². The first-order valence-corrected chi connectivity index (χ1v) is 8.30. The molecular formula is C17H27ClN2O2. The van der Waals surface area contributed by atoms with Crippen LogP contribution >= 0.6 is 11.6 Å². The maximum absolute atomic E-state index is 12.4. The smallest absolute Gasteiger partial charge is 0.237 e. The summed E-state index contributed by atoms with van der Waals surface area (Å²) in [7, 11) is 0. The molecule has 0 heterocycles. The molecule has 1 aromatic rings. The second-order valence-corrected chi connectivity index (χ2v) is 5.64. The summed E-state index contributed by atoms with van der Waals surface area (Å²) in [6, 6.07) is 7.39. The number of carbonyl (C=O) groups excluding carboxylic acids is 1. The Balaban J connectivity index is 2.58. The zero-order valence-electron chi connectivity index (χ0n) is 14.0. The van der Waals surface area contributed by atoms with Crippen molar-refractivity contribution in [2.24, 2.45) is 0 Å². The van der Waals surface area contributed by atoms with Crippen LogP contribution in [0.1, 0.15) is 27.7 Å². The molecule has 0 aliphatic rings. The molecule has 0 N–H and O–H groups in total. The second kappa shape index (κ2) is 9.70. The van der Waals surface area contributed by atoms with E-state index in [2.05, 4.69) is 18.7 Å². The predicted octanol–water partition coefficient (Wildman–Crippen LogP) is 3.30. The summed E-state index contributed by atoms with van der Waals surface area (Å²) in [6.45, 7) is 11.4. The van der Waals surface area contributed by atoms with Crippen molar-refractivity contribution in [3.8, 4) is 5.75 Å². The van der Waals surface area contributed by atoms with Crippen molar-refractivity contribution in [2.75, 3.05) is 32.8 Å². The van der Waals surface area contributed by atoms with E-state index in [1.807, 2.05) is 36.9 Å². The summed E-state index contributed by atoms with van der Waals surface area (Å²) < 4.78 is 5.75. The maximum atomic E-state index is 12.4. The van der Waals surface area contributed by atoms with Crippen LogP contribution in [-0.2, 0) is 4.79 Å². The molecule has 1 atom stereocenters. The Bertz CT molecular complexity index is 464. The Labute approximate surface area is 139 Å². The second-order valence-electron chi connectivity index (χ2n) is 5.23. The van der Waals surface area contributed by atoms with Gasteiger partial charge in [-0.15, -0.1) is 0 Å². The number of benzene rings is 1. The maximum Gasteiger partial charge on any atom is 0.237 e. The molecule has 0 aromatic heterocycles. The minimum Gasteiger partial charge on any atom is -0.490 e. The van der Waals surface area contributed by atoms with Crippen molar-refractivity contribution in [1.82, 2.24) is 9.80 Å². The highest BCUT2D eigenvalue weighted by molar-refractivity contribution is 6.32. The fourth-order valence-electron chi connectivity index (χ4n) is 2.33. The van der Waals surface area contributed by atoms with Gasteiger partial charge in [-0.1, -0.05) is 37.6 Å². The molecule has 0 saturated heterocycles. The average Bonchev–Trinajstić information content (AvgIpc) is 2.52. The number of para-hydroxylation sites is 1. The van der Waals surface area contributed by atoms with E-state index in [0.717, 1.165) is 13.1 Å². The normalized spacial score (nSPS) is 12.3. The van der Waals surface area contributed by atoms with E-state index in [9.17, 15) is 4.79 Å². The Kier molecular flexibility index (Phi) is 8.28. The highest BCUT2D eigenvalue weighted by Gasteiger charge is 2.20. The molecule has 0 fully saturated rings. The summed E-state index contributed by atoms with van der Waals surface area (Å²) in [5.41, 5.74) is 0. The van der Waals surface area contributed by atoms with Crippen molar-refractivity contribution >= 4 is 17.5 Å². The summed E-state index contributed by atoms with van der Waals surface area (Å²) in [6.07, 6.45) is 0. The third kappa shape index (κ3) is 5.50. The zero-order valence-corrected chi connectivity index (χ0v) is 14.8. The largest absolute Gasteiger partial charge is 0.490 e. The molecule has 1 aromatic carbocycles. The quantitative estimate of drug-likeness (QED) is 0.698. The van der Waals surface area contributed by atoms with Gasteiger partial charge in [0.05, 0.1) is 17.6 Å². The van der Waals surface area contributed by atoms with E-state index < -0.39 is 0 Å². The summed E-state index contributed by atoms with van der Waals surface area (Å²) in [5, 5.41) is 0.590. The third-order valence-corrected chi connectivity index (χ3v) is 4.08. The van der Waals surface area contributed by atoms with Gasteiger partial charge in [-0.05, 0) is 39.1 Å². The molecule has 0 spiro atoms. The fourth-order valence-corrected chi connectivity index (χ4v) is 2.52. The van der Waals surface area contributed by atoms with Crippen LogP contribution in [0.15, 0.2) is 24.3 Å². The van der Waals surface area contributed by atoms with Crippen molar-refractivity contribution < 1.29 is 9.53 Å². The van der Waals surface area contributed by atoms with Crippen LogP contribution in [0.4, 0.5) is 0 Å². The first-order chi connectivity index (χ1) is 10.5. The van der Waals surface area contributed by atoms with Crippen molar-refractivity contribution in [3.05, 3.63) is 29.3 Å². The predicted molar refractivity (Wildman–Crippen MR) is 91.6 cm³/mol. The topological polar surface area (TPSA) is 32.8 Å². The van der Waals surface area contributed by atoms with E-state index in [1.165, 1.54) is 0 Å². The van der Waals surface area contributed by atoms with Gasteiger partial charge in [-0.3, -0.25) is 9.69 Å². The van der Waals surface area contributed by atoms with E-state index in [-0.39, 0.29) is 11.9 Å². The van der Waals surface area contributed by atoms with Gasteiger partial charge in [0, 0.05) is 6.54 Å². The Morgan fingerprint density at radius 2 is 1.82 bits per heavy atom. The van der Waals surface area contributed by atoms with Crippen LogP contribution in [0.5, 0.6) is 5.75 Å². The lowest BCUT2D eigenvalue weighted by Gasteiger charge is -2.30. The summed E-state index contributed by atoms with van der Waals surface area (Å²) in [5.74, 6) is 0.796. The monoisotopic (exact) mass is 326 g/mol. The van der Waals surface area contributed by atoms with Crippen molar-refractivity contribution in [3.63, 3.8) is 0 Å². The first-order valence-electron chi connectivity index (χ1n) is 7.92. The molecule has 0 aliphatic carbocycles. The van der Waals surface area contributed by atoms with E-state index >= 15 is 0 Å². The third-order valence-electron chi connectivity index (χ3n) is 3.76. The lowest BCUT2D eigenvalue weighted by atomic mass is 10.2. The number of likely N-dealkylation sites (N-methyl/N-ethyl adjacent to an activating group) is 2. The van der Waals surface area contributed by atoms with Crippen LogP contribution in [-0.4, -0.2) is 54.5 Å². The highest BCUT2D eigenvalue weighted by atomic mass is 35.5. The standard InChI is InChI=1S/C17H27ClN2O2/c1-5-19(6-2)12-17(21)20(7-3)14(4)13-22-16-11-9-8-10-15(16)18/h8-11,14H,5-7,12-13H2,1-4H3. The van der Waals surface area contributed by atoms with E-state index in [0.29, 0.717) is 30.5 Å². The number of ether oxygens (including phenoxy) is 1. The SMILES string of the molecule is CCN(CC)CC(=O)N(CC)C(C)COc1ccccc1Cl. The number of rotatable bonds is 9. The fraction of sp³-hybridized carbons (Fsp3) is 0.588. The average molecular weight is 327 g/mol.